The number of sulfonamides is 1. The van der Waals surface area contributed by atoms with Crippen LogP contribution in [0.2, 0.25) is 0 Å². The van der Waals surface area contributed by atoms with Gasteiger partial charge in [-0.1, -0.05) is 35.1 Å². The first-order valence-electron chi connectivity index (χ1n) is 8.75. The van der Waals surface area contributed by atoms with E-state index in [2.05, 4.69) is 20.2 Å². The van der Waals surface area contributed by atoms with Gasteiger partial charge in [0.1, 0.15) is 5.01 Å². The van der Waals surface area contributed by atoms with Crippen molar-refractivity contribution in [3.05, 3.63) is 64.7 Å². The summed E-state index contributed by atoms with van der Waals surface area (Å²) in [5, 5.41) is 12.1. The molecule has 1 heterocycles. The molecule has 2 aromatic carbocycles. The highest BCUT2D eigenvalue weighted by atomic mass is 32.2. The average Bonchev–Trinajstić information content (AvgIpc) is 3.43. The number of benzene rings is 2. The SMILES string of the molecule is Cc1ccc(NS(=O)(=O)c2cccc(C(=O)Nc3nnc(C4CC4)s3)c2)cc1. The van der Waals surface area contributed by atoms with Crippen LogP contribution in [0.3, 0.4) is 0 Å². The molecule has 0 aliphatic heterocycles. The van der Waals surface area contributed by atoms with Crippen LogP contribution in [0.15, 0.2) is 53.4 Å². The number of aryl methyl sites for hydroxylation is 1. The first kappa shape index (κ1) is 18.6. The van der Waals surface area contributed by atoms with Gasteiger partial charge in [0.2, 0.25) is 5.13 Å². The maximum absolute atomic E-state index is 12.6. The van der Waals surface area contributed by atoms with E-state index in [9.17, 15) is 13.2 Å². The van der Waals surface area contributed by atoms with Crippen molar-refractivity contribution >= 4 is 38.1 Å². The highest BCUT2D eigenvalue weighted by Gasteiger charge is 2.28. The van der Waals surface area contributed by atoms with Crippen molar-refractivity contribution in [3.8, 4) is 0 Å². The van der Waals surface area contributed by atoms with Gasteiger partial charge in [-0.3, -0.25) is 14.8 Å². The summed E-state index contributed by atoms with van der Waals surface area (Å²) < 4.78 is 27.8. The minimum absolute atomic E-state index is 0.0108. The smallest absolute Gasteiger partial charge is 0.261 e. The molecule has 0 atom stereocenters. The predicted molar refractivity (Wildman–Crippen MR) is 108 cm³/mol. The average molecular weight is 415 g/mol. The highest BCUT2D eigenvalue weighted by Crippen LogP contribution is 2.42. The van der Waals surface area contributed by atoms with Crippen molar-refractivity contribution in [2.75, 3.05) is 10.0 Å². The van der Waals surface area contributed by atoms with E-state index in [4.69, 9.17) is 0 Å². The number of rotatable bonds is 6. The van der Waals surface area contributed by atoms with Crippen LogP contribution in [0, 0.1) is 6.92 Å². The Hall–Kier alpha value is -2.78. The summed E-state index contributed by atoms with van der Waals surface area (Å²) in [5.41, 5.74) is 1.72. The Bertz CT molecular complexity index is 1120. The van der Waals surface area contributed by atoms with E-state index < -0.39 is 15.9 Å². The maximum atomic E-state index is 12.6. The molecule has 28 heavy (non-hydrogen) atoms. The number of nitrogens with zero attached hydrogens (tertiary/aromatic N) is 2. The van der Waals surface area contributed by atoms with Gasteiger partial charge in [0, 0.05) is 17.2 Å². The quantitative estimate of drug-likeness (QED) is 0.639. The third-order valence-electron chi connectivity index (χ3n) is 4.30. The lowest BCUT2D eigenvalue weighted by Gasteiger charge is -2.09. The molecule has 1 aliphatic rings. The molecular weight excluding hydrogens is 396 g/mol. The second-order valence-electron chi connectivity index (χ2n) is 6.67. The molecule has 4 rings (SSSR count). The van der Waals surface area contributed by atoms with Crippen LogP contribution in [-0.4, -0.2) is 24.5 Å². The topological polar surface area (TPSA) is 101 Å². The van der Waals surface area contributed by atoms with Gasteiger partial charge in [-0.15, -0.1) is 10.2 Å². The van der Waals surface area contributed by atoms with Crippen molar-refractivity contribution < 1.29 is 13.2 Å². The Labute approximate surface area is 166 Å². The molecule has 1 fully saturated rings. The third-order valence-corrected chi connectivity index (χ3v) is 6.68. The number of carbonyl (C=O) groups excluding carboxylic acids is 1. The second-order valence-corrected chi connectivity index (χ2v) is 9.36. The van der Waals surface area contributed by atoms with Crippen molar-refractivity contribution in [3.63, 3.8) is 0 Å². The fourth-order valence-corrected chi connectivity index (χ4v) is 4.60. The molecule has 0 saturated heterocycles. The molecule has 1 aliphatic carbocycles. The molecule has 1 amide bonds. The van der Waals surface area contributed by atoms with Gasteiger partial charge in [0.25, 0.3) is 15.9 Å². The van der Waals surface area contributed by atoms with Crippen molar-refractivity contribution in [1.29, 1.82) is 0 Å². The molecule has 0 spiro atoms. The maximum Gasteiger partial charge on any atom is 0.261 e. The number of aromatic nitrogens is 2. The number of amides is 1. The van der Waals surface area contributed by atoms with E-state index in [0.717, 1.165) is 23.4 Å². The molecule has 1 saturated carbocycles. The van der Waals surface area contributed by atoms with Crippen LogP contribution in [-0.2, 0) is 10.0 Å². The number of hydrogen-bond donors (Lipinski definition) is 2. The zero-order valence-electron chi connectivity index (χ0n) is 15.0. The number of hydrogen-bond acceptors (Lipinski definition) is 6. The summed E-state index contributed by atoms with van der Waals surface area (Å²) in [6.45, 7) is 1.92. The highest BCUT2D eigenvalue weighted by molar-refractivity contribution is 7.92. The molecule has 9 heteroatoms. The Kier molecular flexibility index (Phi) is 4.86. The van der Waals surface area contributed by atoms with Crippen LogP contribution in [0.4, 0.5) is 10.8 Å². The summed E-state index contributed by atoms with van der Waals surface area (Å²) >= 11 is 1.35. The fraction of sp³-hybridized carbons (Fsp3) is 0.211. The molecule has 7 nitrogen and oxygen atoms in total. The first-order valence-corrected chi connectivity index (χ1v) is 11.0. The van der Waals surface area contributed by atoms with Gasteiger partial charge in [0.15, 0.2) is 0 Å². The number of anilines is 2. The lowest BCUT2D eigenvalue weighted by atomic mass is 10.2. The van der Waals surface area contributed by atoms with Crippen LogP contribution in [0.25, 0.3) is 0 Å². The summed E-state index contributed by atoms with van der Waals surface area (Å²) in [6.07, 6.45) is 2.22. The summed E-state index contributed by atoms with van der Waals surface area (Å²) in [4.78, 5) is 12.5. The molecule has 0 bridgehead atoms. The van der Waals surface area contributed by atoms with Crippen LogP contribution in [0.1, 0.15) is 39.7 Å². The van der Waals surface area contributed by atoms with Gasteiger partial charge in [-0.2, -0.15) is 0 Å². The van der Waals surface area contributed by atoms with Crippen LogP contribution < -0.4 is 10.0 Å². The largest absolute Gasteiger partial charge is 0.296 e. The van der Waals surface area contributed by atoms with Gasteiger partial charge in [-0.25, -0.2) is 8.42 Å². The van der Waals surface area contributed by atoms with E-state index in [0.29, 0.717) is 16.7 Å². The minimum Gasteiger partial charge on any atom is -0.296 e. The van der Waals surface area contributed by atoms with Crippen LogP contribution in [0.5, 0.6) is 0 Å². The van der Waals surface area contributed by atoms with Gasteiger partial charge in [0.05, 0.1) is 4.90 Å². The predicted octanol–water partition coefficient (Wildman–Crippen LogP) is 3.78. The molecule has 3 aromatic rings. The standard InChI is InChI=1S/C19H18N4O3S2/c1-12-5-9-15(10-6-12)23-28(25,26)16-4-2-3-14(11-16)17(24)20-19-22-21-18(27-19)13-7-8-13/h2-6,9-11,13,23H,7-8H2,1H3,(H,20,22,24). The Morgan fingerprint density at radius 1 is 1.11 bits per heavy atom. The van der Waals surface area contributed by atoms with E-state index in [1.165, 1.54) is 29.5 Å². The number of nitrogens with one attached hydrogen (secondary N) is 2. The lowest BCUT2D eigenvalue weighted by molar-refractivity contribution is 0.102. The van der Waals surface area contributed by atoms with E-state index in [1.54, 1.807) is 18.2 Å². The minimum atomic E-state index is -3.81. The van der Waals surface area contributed by atoms with Crippen LogP contribution >= 0.6 is 11.3 Å². The molecular formula is C19H18N4O3S2. The third kappa shape index (κ3) is 4.20. The zero-order valence-corrected chi connectivity index (χ0v) is 16.7. The van der Waals surface area contributed by atoms with E-state index >= 15 is 0 Å². The second kappa shape index (κ2) is 7.33. The fourth-order valence-electron chi connectivity index (χ4n) is 2.59. The Morgan fingerprint density at radius 3 is 2.57 bits per heavy atom. The summed E-state index contributed by atoms with van der Waals surface area (Å²) in [6, 6.07) is 12.9. The lowest BCUT2D eigenvalue weighted by Crippen LogP contribution is -2.16. The summed E-state index contributed by atoms with van der Waals surface area (Å²) in [7, 11) is -3.81. The Balaban J connectivity index is 1.50. The van der Waals surface area contributed by atoms with Gasteiger partial charge < -0.3 is 0 Å². The van der Waals surface area contributed by atoms with Crippen molar-refractivity contribution in [2.45, 2.75) is 30.6 Å². The van der Waals surface area contributed by atoms with Gasteiger partial charge >= 0.3 is 0 Å². The molecule has 2 N–H and O–H groups in total. The summed E-state index contributed by atoms with van der Waals surface area (Å²) in [5.74, 6) is 0.0374. The molecule has 0 unspecified atom stereocenters. The molecule has 144 valence electrons. The van der Waals surface area contributed by atoms with E-state index in [1.807, 2.05) is 19.1 Å². The molecule has 1 aromatic heterocycles. The molecule has 0 radical (unpaired) electrons. The van der Waals surface area contributed by atoms with Gasteiger partial charge in [-0.05, 0) is 50.1 Å². The normalized spacial score (nSPS) is 13.9. The van der Waals surface area contributed by atoms with E-state index in [-0.39, 0.29) is 10.5 Å². The zero-order chi connectivity index (χ0) is 19.7. The van der Waals surface area contributed by atoms with Crippen molar-refractivity contribution in [1.82, 2.24) is 10.2 Å². The Morgan fingerprint density at radius 2 is 1.86 bits per heavy atom. The first-order chi connectivity index (χ1) is 13.4. The van der Waals surface area contributed by atoms with Crippen molar-refractivity contribution in [2.24, 2.45) is 0 Å². The number of carbonyl (C=O) groups is 1. The monoisotopic (exact) mass is 414 g/mol.